The number of ether oxygens (including phenoxy) is 1. The van der Waals surface area contributed by atoms with Crippen LogP contribution < -0.4 is 20.3 Å². The van der Waals surface area contributed by atoms with Crippen molar-refractivity contribution in [2.45, 2.75) is 25.9 Å². The summed E-state index contributed by atoms with van der Waals surface area (Å²) in [5.74, 6) is 1.46. The number of hydrogen-bond donors (Lipinski definition) is 2. The molecule has 144 valence electrons. The third-order valence-electron chi connectivity index (χ3n) is 4.63. The van der Waals surface area contributed by atoms with E-state index in [-0.39, 0.29) is 5.82 Å². The minimum absolute atomic E-state index is 0.227. The Morgan fingerprint density at radius 1 is 1.22 bits per heavy atom. The Morgan fingerprint density at radius 3 is 2.74 bits per heavy atom. The molecule has 2 aromatic carbocycles. The molecule has 0 radical (unpaired) electrons. The van der Waals surface area contributed by atoms with E-state index >= 15 is 0 Å². The summed E-state index contributed by atoms with van der Waals surface area (Å²) >= 11 is 0. The maximum absolute atomic E-state index is 13.0. The third kappa shape index (κ3) is 5.12. The molecule has 27 heavy (non-hydrogen) atoms. The first-order valence-corrected chi connectivity index (χ1v) is 9.37. The summed E-state index contributed by atoms with van der Waals surface area (Å²) in [6.07, 6.45) is 1.03. The van der Waals surface area contributed by atoms with E-state index < -0.39 is 0 Å². The molecule has 0 amide bonds. The fourth-order valence-electron chi connectivity index (χ4n) is 3.26. The number of guanidine groups is 1. The van der Waals surface area contributed by atoms with Crippen LogP contribution in [0, 0.1) is 5.82 Å². The van der Waals surface area contributed by atoms with Gasteiger partial charge in [0.15, 0.2) is 5.96 Å². The van der Waals surface area contributed by atoms with Crippen LogP contribution in [0.5, 0.6) is 5.75 Å². The number of halogens is 1. The molecule has 0 bridgehead atoms. The molecule has 0 aromatic heterocycles. The zero-order chi connectivity index (χ0) is 19.1. The first-order valence-electron chi connectivity index (χ1n) is 9.37. The number of hydrogen-bond acceptors (Lipinski definition) is 3. The van der Waals surface area contributed by atoms with Gasteiger partial charge in [0.05, 0.1) is 19.3 Å². The predicted molar refractivity (Wildman–Crippen MR) is 108 cm³/mol. The van der Waals surface area contributed by atoms with Gasteiger partial charge in [-0.2, -0.15) is 0 Å². The molecule has 1 atom stereocenters. The predicted octanol–water partition coefficient (Wildman–Crippen LogP) is 3.17. The monoisotopic (exact) mass is 370 g/mol. The van der Waals surface area contributed by atoms with Gasteiger partial charge in [0.1, 0.15) is 11.6 Å². The highest BCUT2D eigenvalue weighted by Crippen LogP contribution is 2.30. The molecule has 1 aliphatic rings. The number of anilines is 1. The van der Waals surface area contributed by atoms with Gasteiger partial charge in [-0.1, -0.05) is 24.3 Å². The van der Waals surface area contributed by atoms with Crippen molar-refractivity contribution >= 4 is 11.6 Å². The van der Waals surface area contributed by atoms with Crippen LogP contribution in [0.2, 0.25) is 0 Å². The lowest BCUT2D eigenvalue weighted by molar-refractivity contribution is 0.415. The number of nitrogens with one attached hydrogen (secondary N) is 2. The van der Waals surface area contributed by atoms with Crippen molar-refractivity contribution in [1.82, 2.24) is 10.6 Å². The highest BCUT2D eigenvalue weighted by Gasteiger charge is 2.25. The molecule has 1 saturated heterocycles. The molecule has 1 fully saturated rings. The average molecular weight is 370 g/mol. The van der Waals surface area contributed by atoms with Gasteiger partial charge in [0.25, 0.3) is 0 Å². The third-order valence-corrected chi connectivity index (χ3v) is 4.63. The first kappa shape index (κ1) is 19.0. The second-order valence-corrected chi connectivity index (χ2v) is 6.57. The van der Waals surface area contributed by atoms with Crippen LogP contribution in [0.15, 0.2) is 53.5 Å². The lowest BCUT2D eigenvalue weighted by atomic mass is 10.2. The fourth-order valence-corrected chi connectivity index (χ4v) is 3.26. The summed E-state index contributed by atoms with van der Waals surface area (Å²) in [5.41, 5.74) is 2.10. The number of nitrogens with zero attached hydrogens (tertiary/aromatic N) is 2. The average Bonchev–Trinajstić information content (AvgIpc) is 3.16. The Labute approximate surface area is 160 Å². The summed E-state index contributed by atoms with van der Waals surface area (Å²) in [7, 11) is 1.70. The van der Waals surface area contributed by atoms with Crippen LogP contribution in [-0.2, 0) is 6.54 Å². The van der Waals surface area contributed by atoms with E-state index in [0.29, 0.717) is 12.6 Å². The molecule has 0 saturated carbocycles. The van der Waals surface area contributed by atoms with Gasteiger partial charge in [0.2, 0.25) is 0 Å². The molecule has 1 aliphatic heterocycles. The van der Waals surface area contributed by atoms with Crippen molar-refractivity contribution in [2.24, 2.45) is 4.99 Å². The van der Waals surface area contributed by atoms with Crippen LogP contribution in [0.1, 0.15) is 18.9 Å². The SMILES string of the molecule is CCNC(=NCc1ccc(F)cc1)NC1CCN(c2ccccc2OC)C1. The zero-order valence-corrected chi connectivity index (χ0v) is 15.9. The van der Waals surface area contributed by atoms with Crippen molar-refractivity contribution in [3.63, 3.8) is 0 Å². The van der Waals surface area contributed by atoms with Crippen LogP contribution >= 0.6 is 0 Å². The van der Waals surface area contributed by atoms with Gasteiger partial charge >= 0.3 is 0 Å². The van der Waals surface area contributed by atoms with Gasteiger partial charge in [0, 0.05) is 25.7 Å². The molecule has 1 heterocycles. The molecular formula is C21H27FN4O. The van der Waals surface area contributed by atoms with E-state index in [1.807, 2.05) is 25.1 Å². The highest BCUT2D eigenvalue weighted by atomic mass is 19.1. The van der Waals surface area contributed by atoms with Crippen molar-refractivity contribution in [2.75, 3.05) is 31.6 Å². The van der Waals surface area contributed by atoms with Crippen molar-refractivity contribution in [1.29, 1.82) is 0 Å². The van der Waals surface area contributed by atoms with E-state index in [0.717, 1.165) is 49.0 Å². The summed E-state index contributed by atoms with van der Waals surface area (Å²) < 4.78 is 18.5. The zero-order valence-electron chi connectivity index (χ0n) is 15.9. The molecular weight excluding hydrogens is 343 g/mol. The Morgan fingerprint density at radius 2 is 2.00 bits per heavy atom. The van der Waals surface area contributed by atoms with E-state index in [1.165, 1.54) is 12.1 Å². The lowest BCUT2D eigenvalue weighted by Crippen LogP contribution is -2.44. The molecule has 2 N–H and O–H groups in total. The quantitative estimate of drug-likeness (QED) is 0.606. The van der Waals surface area contributed by atoms with Gasteiger partial charge in [-0.15, -0.1) is 0 Å². The maximum atomic E-state index is 13.0. The molecule has 5 nitrogen and oxygen atoms in total. The molecule has 2 aromatic rings. The van der Waals surface area contributed by atoms with Crippen molar-refractivity contribution in [3.8, 4) is 5.75 Å². The van der Waals surface area contributed by atoms with Crippen LogP contribution in [0.3, 0.4) is 0 Å². The van der Waals surface area contributed by atoms with E-state index in [4.69, 9.17) is 4.74 Å². The topological polar surface area (TPSA) is 48.9 Å². The maximum Gasteiger partial charge on any atom is 0.191 e. The lowest BCUT2D eigenvalue weighted by Gasteiger charge is -2.22. The Hall–Kier alpha value is -2.76. The Balaban J connectivity index is 1.61. The van der Waals surface area contributed by atoms with Crippen LogP contribution in [0.4, 0.5) is 10.1 Å². The first-order chi connectivity index (χ1) is 13.2. The van der Waals surface area contributed by atoms with Gasteiger partial charge in [-0.3, -0.25) is 0 Å². The van der Waals surface area contributed by atoms with E-state index in [1.54, 1.807) is 19.2 Å². The van der Waals surface area contributed by atoms with E-state index in [2.05, 4.69) is 26.6 Å². The van der Waals surface area contributed by atoms with E-state index in [9.17, 15) is 4.39 Å². The number of benzene rings is 2. The van der Waals surface area contributed by atoms with Gasteiger partial charge < -0.3 is 20.3 Å². The normalized spacial score (nSPS) is 17.1. The second-order valence-electron chi connectivity index (χ2n) is 6.57. The van der Waals surface area contributed by atoms with Crippen LogP contribution in [0.25, 0.3) is 0 Å². The van der Waals surface area contributed by atoms with Gasteiger partial charge in [-0.05, 0) is 43.2 Å². The minimum Gasteiger partial charge on any atom is -0.495 e. The second kappa shape index (κ2) is 9.26. The number of para-hydroxylation sites is 2. The van der Waals surface area contributed by atoms with Crippen molar-refractivity contribution in [3.05, 3.63) is 59.9 Å². The Kier molecular flexibility index (Phi) is 6.52. The number of rotatable bonds is 6. The summed E-state index contributed by atoms with van der Waals surface area (Å²) in [6.45, 7) is 5.21. The molecule has 6 heteroatoms. The molecule has 0 aliphatic carbocycles. The molecule has 3 rings (SSSR count). The number of aliphatic imine (C=N–C) groups is 1. The fraction of sp³-hybridized carbons (Fsp3) is 0.381. The smallest absolute Gasteiger partial charge is 0.191 e. The summed E-state index contributed by atoms with van der Waals surface area (Å²) in [5, 5.41) is 6.81. The summed E-state index contributed by atoms with van der Waals surface area (Å²) in [6, 6.07) is 14.9. The summed E-state index contributed by atoms with van der Waals surface area (Å²) in [4.78, 5) is 6.97. The number of methoxy groups -OCH3 is 1. The highest BCUT2D eigenvalue weighted by molar-refractivity contribution is 5.80. The molecule has 1 unspecified atom stereocenters. The van der Waals surface area contributed by atoms with Gasteiger partial charge in [-0.25, -0.2) is 9.38 Å². The van der Waals surface area contributed by atoms with Crippen LogP contribution in [-0.4, -0.2) is 38.7 Å². The largest absolute Gasteiger partial charge is 0.495 e. The standard InChI is InChI=1S/C21H27FN4O/c1-3-23-21(24-14-16-8-10-17(22)11-9-16)25-18-12-13-26(15-18)19-6-4-5-7-20(19)27-2/h4-11,18H,3,12-15H2,1-2H3,(H2,23,24,25). The minimum atomic E-state index is -0.227. The van der Waals surface area contributed by atoms with Crippen molar-refractivity contribution < 1.29 is 9.13 Å². The molecule has 0 spiro atoms. The Bertz CT molecular complexity index is 763.